The second-order valence-corrected chi connectivity index (χ2v) is 17.1. The lowest BCUT2D eigenvalue weighted by Gasteiger charge is -2.17. The standard InChI is InChI=1S/C48H45Cl5N8O8/c1-25(51)35-24-32(56-47(66)43(26(2)62)60-58-37-10-6-8-33(41(37)52)45(64)54-30-13-16-39(68-4)28(22-30)18-20-49)12-15-36(35)57-48(67)44(27(3)63)61-59-38-11-7-9-34(42(38)53)46(65)55-31-14-17-40(69-5)29(23-31)19-21-50/h6-17,22-25,43-44H,18-21H2,1-5H3,(H,54,64)(H,55,65)(H,56,66)(H,57,67). The average Bonchev–Trinajstić information content (AvgIpc) is 3.30. The molecule has 5 aromatic rings. The highest BCUT2D eigenvalue weighted by Crippen LogP contribution is 2.34. The van der Waals surface area contributed by atoms with Crippen LogP contribution in [0.25, 0.3) is 0 Å². The van der Waals surface area contributed by atoms with Crippen molar-refractivity contribution < 1.29 is 38.2 Å². The number of Topliss-reactive ketones (excluding diaryl/α,β-unsaturated/α-hetero) is 2. The Morgan fingerprint density at radius 1 is 0.580 bits per heavy atom. The van der Waals surface area contributed by atoms with Gasteiger partial charge in [-0.3, -0.25) is 28.8 Å². The average molecular weight is 1040 g/mol. The summed E-state index contributed by atoms with van der Waals surface area (Å²) in [6, 6.07) is 20.1. The zero-order valence-electron chi connectivity index (χ0n) is 37.7. The topological polar surface area (TPSA) is 218 Å². The second kappa shape index (κ2) is 25.3. The smallest absolute Gasteiger partial charge is 0.258 e. The number of nitrogens with one attached hydrogen (secondary N) is 4. The van der Waals surface area contributed by atoms with Gasteiger partial charge in [-0.15, -0.1) is 34.8 Å². The number of nitrogens with zero attached hydrogens (tertiary/aromatic N) is 4. The molecule has 0 aromatic heterocycles. The number of anilines is 4. The number of benzene rings is 5. The monoisotopic (exact) mass is 1040 g/mol. The molecule has 4 amide bonds. The third-order valence-corrected chi connectivity index (χ3v) is 11.5. The minimum Gasteiger partial charge on any atom is -0.496 e. The molecule has 0 aliphatic rings. The minimum absolute atomic E-state index is 0.0154. The maximum atomic E-state index is 13.6. The molecule has 3 unspecified atom stereocenters. The number of methoxy groups -OCH3 is 2. The molecule has 360 valence electrons. The van der Waals surface area contributed by atoms with Gasteiger partial charge in [0.15, 0.2) is 11.6 Å². The predicted molar refractivity (Wildman–Crippen MR) is 270 cm³/mol. The van der Waals surface area contributed by atoms with E-state index in [0.717, 1.165) is 25.0 Å². The van der Waals surface area contributed by atoms with Gasteiger partial charge in [-0.25, -0.2) is 0 Å². The quantitative estimate of drug-likeness (QED) is 0.0314. The summed E-state index contributed by atoms with van der Waals surface area (Å²) in [4.78, 5) is 79.0. The first-order valence-electron chi connectivity index (χ1n) is 20.9. The van der Waals surface area contributed by atoms with Crippen LogP contribution in [0.5, 0.6) is 11.5 Å². The Morgan fingerprint density at radius 3 is 1.41 bits per heavy atom. The molecule has 0 saturated carbocycles. The summed E-state index contributed by atoms with van der Waals surface area (Å²) >= 11 is 31.5. The lowest BCUT2D eigenvalue weighted by Crippen LogP contribution is -2.32. The molecule has 0 aliphatic carbocycles. The van der Waals surface area contributed by atoms with Crippen LogP contribution < -0.4 is 30.7 Å². The SMILES string of the molecule is COc1ccc(NC(=O)c2cccc(N=NC(C(C)=O)C(=O)Nc3ccc(NC(=O)C(N=Nc4cccc(C(=O)Nc5ccc(OC)c(CCCl)c5)c4Cl)C(C)=O)c(C(C)Cl)c3)c2Cl)cc1CCCl. The van der Waals surface area contributed by atoms with Crippen LogP contribution in [-0.4, -0.2) is 73.3 Å². The Kier molecular flexibility index (Phi) is 19.6. The van der Waals surface area contributed by atoms with E-state index in [-0.39, 0.29) is 43.9 Å². The zero-order valence-corrected chi connectivity index (χ0v) is 41.4. The summed E-state index contributed by atoms with van der Waals surface area (Å²) in [5.41, 5.74) is 3.34. The third-order valence-electron chi connectivity index (χ3n) is 10.1. The van der Waals surface area contributed by atoms with E-state index in [1.165, 1.54) is 68.8 Å². The zero-order chi connectivity index (χ0) is 50.4. The third kappa shape index (κ3) is 14.1. The molecule has 0 spiro atoms. The first kappa shape index (κ1) is 53.5. The number of ketones is 2. The van der Waals surface area contributed by atoms with E-state index in [9.17, 15) is 28.8 Å². The summed E-state index contributed by atoms with van der Waals surface area (Å²) in [5, 5.41) is 26.0. The van der Waals surface area contributed by atoms with Crippen molar-refractivity contribution in [3.63, 3.8) is 0 Å². The van der Waals surface area contributed by atoms with Crippen LogP contribution in [0.4, 0.5) is 34.1 Å². The van der Waals surface area contributed by atoms with Crippen LogP contribution in [0, 0.1) is 0 Å². The fraction of sp³-hybridized carbons (Fsp3) is 0.250. The van der Waals surface area contributed by atoms with Crippen molar-refractivity contribution >= 4 is 127 Å². The number of carbonyl (C=O) groups excluding carboxylic acids is 6. The van der Waals surface area contributed by atoms with E-state index in [2.05, 4.69) is 41.7 Å². The van der Waals surface area contributed by atoms with E-state index in [0.29, 0.717) is 53.0 Å². The fourth-order valence-corrected chi connectivity index (χ4v) is 7.71. The van der Waals surface area contributed by atoms with Crippen LogP contribution >= 0.6 is 58.0 Å². The number of amides is 4. The second-order valence-electron chi connectivity index (χ2n) is 15.0. The van der Waals surface area contributed by atoms with Crippen LogP contribution in [0.15, 0.2) is 111 Å². The molecule has 5 aromatic carbocycles. The number of aryl methyl sites for hydroxylation is 2. The number of carbonyl (C=O) groups is 6. The van der Waals surface area contributed by atoms with E-state index >= 15 is 0 Å². The summed E-state index contributed by atoms with van der Waals surface area (Å²) in [6.07, 6.45) is 1.02. The Bertz CT molecular complexity index is 2820. The van der Waals surface area contributed by atoms with E-state index in [1.54, 1.807) is 43.3 Å². The lowest BCUT2D eigenvalue weighted by molar-refractivity contribution is -0.127. The Balaban J connectivity index is 1.28. The van der Waals surface area contributed by atoms with Crippen LogP contribution in [0.1, 0.15) is 63.6 Å². The van der Waals surface area contributed by atoms with E-state index in [4.69, 9.17) is 67.5 Å². The minimum atomic E-state index is -1.65. The predicted octanol–water partition coefficient (Wildman–Crippen LogP) is 11.7. The molecule has 0 bridgehead atoms. The highest BCUT2D eigenvalue weighted by molar-refractivity contribution is 6.37. The number of rotatable bonds is 21. The number of halogens is 5. The molecule has 69 heavy (non-hydrogen) atoms. The highest BCUT2D eigenvalue weighted by Gasteiger charge is 2.27. The van der Waals surface area contributed by atoms with Crippen molar-refractivity contribution in [1.29, 1.82) is 0 Å². The summed E-state index contributed by atoms with van der Waals surface area (Å²) < 4.78 is 10.7. The summed E-state index contributed by atoms with van der Waals surface area (Å²) in [5.74, 6) is -2.23. The first-order valence-corrected chi connectivity index (χ1v) is 23.1. The number of ether oxygens (including phenoxy) is 2. The molecule has 0 fully saturated rings. The summed E-state index contributed by atoms with van der Waals surface area (Å²) in [7, 11) is 3.07. The van der Waals surface area contributed by atoms with E-state index < -0.39 is 52.7 Å². The van der Waals surface area contributed by atoms with Crippen molar-refractivity contribution in [2.75, 3.05) is 47.2 Å². The molecular formula is C48H45Cl5N8O8. The Labute approximate surface area is 422 Å². The Morgan fingerprint density at radius 2 is 1.00 bits per heavy atom. The molecule has 3 atom stereocenters. The molecule has 0 radical (unpaired) electrons. The van der Waals surface area contributed by atoms with Crippen LogP contribution in [0.2, 0.25) is 10.0 Å². The van der Waals surface area contributed by atoms with Gasteiger partial charge in [0.05, 0.1) is 40.8 Å². The lowest BCUT2D eigenvalue weighted by atomic mass is 10.1. The Hall–Kier alpha value is -6.43. The molecule has 21 heteroatoms. The molecule has 0 aliphatic heterocycles. The fourth-order valence-electron chi connectivity index (χ4n) is 6.62. The van der Waals surface area contributed by atoms with Crippen molar-refractivity contribution in [2.24, 2.45) is 20.5 Å². The number of hydrogen-bond acceptors (Lipinski definition) is 12. The van der Waals surface area contributed by atoms with Gasteiger partial charge in [-0.2, -0.15) is 20.5 Å². The maximum absolute atomic E-state index is 13.6. The largest absolute Gasteiger partial charge is 0.496 e. The van der Waals surface area contributed by atoms with Crippen LogP contribution in [-0.2, 0) is 32.0 Å². The highest BCUT2D eigenvalue weighted by atomic mass is 35.5. The van der Waals surface area contributed by atoms with Crippen molar-refractivity contribution in [3.05, 3.63) is 129 Å². The molecule has 16 nitrogen and oxygen atoms in total. The molecule has 0 heterocycles. The first-order chi connectivity index (χ1) is 33.0. The molecular weight excluding hydrogens is 994 g/mol. The summed E-state index contributed by atoms with van der Waals surface area (Å²) in [6.45, 7) is 3.92. The van der Waals surface area contributed by atoms with Crippen LogP contribution in [0.3, 0.4) is 0 Å². The number of alkyl halides is 3. The molecule has 5 rings (SSSR count). The van der Waals surface area contributed by atoms with Crippen molar-refractivity contribution in [2.45, 2.75) is 51.1 Å². The van der Waals surface area contributed by atoms with E-state index in [1.807, 2.05) is 0 Å². The maximum Gasteiger partial charge on any atom is 0.258 e. The van der Waals surface area contributed by atoms with Gasteiger partial charge >= 0.3 is 0 Å². The van der Waals surface area contributed by atoms with Crippen molar-refractivity contribution in [3.8, 4) is 11.5 Å². The van der Waals surface area contributed by atoms with Gasteiger partial charge in [0.2, 0.25) is 12.1 Å². The van der Waals surface area contributed by atoms with Gasteiger partial charge in [-0.05, 0) is 129 Å². The van der Waals surface area contributed by atoms with Gasteiger partial charge < -0.3 is 30.7 Å². The van der Waals surface area contributed by atoms with Gasteiger partial charge in [0.1, 0.15) is 22.9 Å². The number of hydrogen-bond donors (Lipinski definition) is 4. The van der Waals surface area contributed by atoms with Gasteiger partial charge in [-0.1, -0.05) is 35.3 Å². The van der Waals surface area contributed by atoms with Gasteiger partial charge in [0.25, 0.3) is 23.6 Å². The van der Waals surface area contributed by atoms with Crippen molar-refractivity contribution in [1.82, 2.24) is 0 Å². The number of azo groups is 2. The normalized spacial score (nSPS) is 12.5. The van der Waals surface area contributed by atoms with Gasteiger partial charge in [0, 0.05) is 34.5 Å². The molecule has 0 saturated heterocycles. The molecule has 4 N–H and O–H groups in total.